The van der Waals surface area contributed by atoms with Crippen molar-refractivity contribution in [3.8, 4) is 0 Å². The van der Waals surface area contributed by atoms with Gasteiger partial charge in [-0.1, -0.05) is 26.0 Å². The summed E-state index contributed by atoms with van der Waals surface area (Å²) >= 11 is 0. The molecule has 0 aliphatic heterocycles. The summed E-state index contributed by atoms with van der Waals surface area (Å²) in [6.45, 7) is 3.59. The largest absolute Gasteiger partial charge is 0.459 e. The van der Waals surface area contributed by atoms with Crippen LogP contribution >= 0.6 is 0 Å². The van der Waals surface area contributed by atoms with Crippen LogP contribution in [0.5, 0.6) is 0 Å². The Balaban J connectivity index is 1.96. The van der Waals surface area contributed by atoms with Crippen molar-refractivity contribution < 1.29 is 27.2 Å². The van der Waals surface area contributed by atoms with Gasteiger partial charge in [0.25, 0.3) is 5.91 Å². The lowest BCUT2D eigenvalue weighted by atomic mass is 10.0. The normalized spacial score (nSPS) is 12.7. The third-order valence-electron chi connectivity index (χ3n) is 3.73. The van der Waals surface area contributed by atoms with E-state index in [1.54, 1.807) is 19.9 Å². The summed E-state index contributed by atoms with van der Waals surface area (Å²) < 4.78 is 42.6. The summed E-state index contributed by atoms with van der Waals surface area (Å²) in [5.74, 6) is -1.05. The number of hydrogen-bond donors (Lipinski definition) is 2. The molecule has 1 aromatic carbocycles. The topological polar surface area (TPSA) is 71.3 Å². The van der Waals surface area contributed by atoms with Crippen LogP contribution in [0, 0.1) is 5.92 Å². The molecule has 0 aliphatic rings. The third-order valence-corrected chi connectivity index (χ3v) is 3.73. The molecule has 0 fully saturated rings. The van der Waals surface area contributed by atoms with Crippen molar-refractivity contribution in [2.45, 2.75) is 32.6 Å². The predicted octanol–water partition coefficient (Wildman–Crippen LogP) is 3.37. The van der Waals surface area contributed by atoms with Crippen molar-refractivity contribution in [1.82, 2.24) is 10.6 Å². The summed E-state index contributed by atoms with van der Waals surface area (Å²) in [4.78, 5) is 24.4. The molecule has 1 heterocycles. The fourth-order valence-electron chi connectivity index (χ4n) is 2.27. The molecule has 8 heteroatoms. The first-order chi connectivity index (χ1) is 12.2. The number of hydrogen-bond acceptors (Lipinski definition) is 3. The Labute approximate surface area is 148 Å². The number of benzene rings is 1. The zero-order valence-electron chi connectivity index (χ0n) is 14.3. The second kappa shape index (κ2) is 8.07. The smallest absolute Gasteiger partial charge is 0.416 e. The summed E-state index contributed by atoms with van der Waals surface area (Å²) in [5, 5.41) is 5.21. The number of nitrogens with one attached hydrogen (secondary N) is 2. The van der Waals surface area contributed by atoms with Crippen LogP contribution in [0.1, 0.15) is 35.5 Å². The highest BCUT2D eigenvalue weighted by molar-refractivity contribution is 5.95. The summed E-state index contributed by atoms with van der Waals surface area (Å²) in [6, 6.07) is 6.75. The summed E-state index contributed by atoms with van der Waals surface area (Å²) in [6.07, 6.45) is -3.05. The van der Waals surface area contributed by atoms with Crippen LogP contribution in [0.25, 0.3) is 0 Å². The summed E-state index contributed by atoms with van der Waals surface area (Å²) in [5.41, 5.74) is -0.232. The number of carbonyl (C=O) groups is 2. The highest BCUT2D eigenvalue weighted by Gasteiger charge is 2.30. The van der Waals surface area contributed by atoms with E-state index in [1.807, 2.05) is 0 Å². The van der Waals surface area contributed by atoms with E-state index in [9.17, 15) is 22.8 Å². The Morgan fingerprint density at radius 1 is 1.12 bits per heavy atom. The fourth-order valence-corrected chi connectivity index (χ4v) is 2.27. The molecular weight excluding hydrogens is 349 g/mol. The van der Waals surface area contributed by atoms with Gasteiger partial charge in [-0.15, -0.1) is 0 Å². The van der Waals surface area contributed by atoms with E-state index in [0.717, 1.165) is 12.1 Å². The van der Waals surface area contributed by atoms with Gasteiger partial charge in [-0.2, -0.15) is 13.2 Å². The molecule has 0 saturated carbocycles. The number of halogens is 3. The molecule has 0 bridgehead atoms. The number of rotatable bonds is 6. The maximum atomic E-state index is 12.5. The van der Waals surface area contributed by atoms with Gasteiger partial charge < -0.3 is 15.1 Å². The van der Waals surface area contributed by atoms with Crippen molar-refractivity contribution in [1.29, 1.82) is 0 Å². The first-order valence-electron chi connectivity index (χ1n) is 7.96. The average Bonchev–Trinajstić information content (AvgIpc) is 3.11. The van der Waals surface area contributed by atoms with Crippen molar-refractivity contribution in [2.75, 3.05) is 0 Å². The minimum Gasteiger partial charge on any atom is -0.459 e. The van der Waals surface area contributed by atoms with Gasteiger partial charge in [-0.25, -0.2) is 0 Å². The number of carbonyl (C=O) groups excluding carboxylic acids is 2. The van der Waals surface area contributed by atoms with Crippen LogP contribution in [0.2, 0.25) is 0 Å². The molecule has 1 aromatic heterocycles. The van der Waals surface area contributed by atoms with E-state index >= 15 is 0 Å². The molecule has 140 valence electrons. The second-order valence-electron chi connectivity index (χ2n) is 6.08. The minimum atomic E-state index is -4.40. The van der Waals surface area contributed by atoms with Gasteiger partial charge in [0.1, 0.15) is 6.04 Å². The quantitative estimate of drug-likeness (QED) is 0.821. The molecule has 5 nitrogen and oxygen atoms in total. The number of alkyl halides is 3. The molecule has 26 heavy (non-hydrogen) atoms. The van der Waals surface area contributed by atoms with Gasteiger partial charge in [-0.3, -0.25) is 9.59 Å². The van der Waals surface area contributed by atoms with Gasteiger partial charge in [0.15, 0.2) is 5.76 Å². The van der Waals surface area contributed by atoms with E-state index in [4.69, 9.17) is 4.42 Å². The molecule has 0 spiro atoms. The molecule has 0 saturated heterocycles. The van der Waals surface area contributed by atoms with Crippen LogP contribution < -0.4 is 10.6 Å². The van der Waals surface area contributed by atoms with Crippen LogP contribution in [-0.4, -0.2) is 17.9 Å². The van der Waals surface area contributed by atoms with E-state index in [1.165, 1.54) is 24.5 Å². The molecule has 2 rings (SSSR count). The van der Waals surface area contributed by atoms with Crippen LogP contribution in [0.3, 0.4) is 0 Å². The Hall–Kier alpha value is -2.77. The predicted molar refractivity (Wildman–Crippen MR) is 88.1 cm³/mol. The Kier molecular flexibility index (Phi) is 6.07. The second-order valence-corrected chi connectivity index (χ2v) is 6.08. The molecule has 0 unspecified atom stereocenters. The number of furan rings is 1. The van der Waals surface area contributed by atoms with Gasteiger partial charge in [-0.05, 0) is 35.7 Å². The van der Waals surface area contributed by atoms with Crippen molar-refractivity contribution >= 4 is 11.8 Å². The standard InChI is InChI=1S/C18H19F3N2O3/c1-11(2)15(23-16(24)14-4-3-9-26-14)17(25)22-10-12-5-7-13(8-6-12)18(19,20)21/h3-9,11,15H,10H2,1-2H3,(H,22,25)(H,23,24)/t15-/m0/s1. The van der Waals surface area contributed by atoms with E-state index < -0.39 is 29.6 Å². The molecular formula is C18H19F3N2O3. The summed E-state index contributed by atoms with van der Waals surface area (Å²) in [7, 11) is 0. The Morgan fingerprint density at radius 3 is 2.27 bits per heavy atom. The van der Waals surface area contributed by atoms with Crippen LogP contribution in [0.15, 0.2) is 47.1 Å². The lowest BCUT2D eigenvalue weighted by Gasteiger charge is -2.21. The first kappa shape index (κ1) is 19.6. The van der Waals surface area contributed by atoms with Gasteiger partial charge in [0, 0.05) is 6.54 Å². The van der Waals surface area contributed by atoms with Crippen molar-refractivity contribution in [2.24, 2.45) is 5.92 Å². The molecule has 0 radical (unpaired) electrons. The Bertz CT molecular complexity index is 738. The SMILES string of the molecule is CC(C)[C@H](NC(=O)c1ccco1)C(=O)NCc1ccc(C(F)(F)F)cc1. The lowest BCUT2D eigenvalue weighted by Crippen LogP contribution is -2.49. The third kappa shape index (κ3) is 5.11. The van der Waals surface area contributed by atoms with Gasteiger partial charge in [0.05, 0.1) is 11.8 Å². The zero-order valence-corrected chi connectivity index (χ0v) is 14.3. The molecule has 1 atom stereocenters. The van der Waals surface area contributed by atoms with E-state index in [-0.39, 0.29) is 18.2 Å². The maximum Gasteiger partial charge on any atom is 0.416 e. The van der Waals surface area contributed by atoms with Crippen molar-refractivity contribution in [3.05, 3.63) is 59.5 Å². The van der Waals surface area contributed by atoms with Gasteiger partial charge in [0.2, 0.25) is 5.91 Å². The molecule has 2 amide bonds. The highest BCUT2D eigenvalue weighted by Crippen LogP contribution is 2.29. The van der Waals surface area contributed by atoms with E-state index in [2.05, 4.69) is 10.6 Å². The number of amides is 2. The van der Waals surface area contributed by atoms with E-state index in [0.29, 0.717) is 5.56 Å². The zero-order chi connectivity index (χ0) is 19.3. The highest BCUT2D eigenvalue weighted by atomic mass is 19.4. The fraction of sp³-hybridized carbons (Fsp3) is 0.333. The van der Waals surface area contributed by atoms with Gasteiger partial charge >= 0.3 is 6.18 Å². The monoisotopic (exact) mass is 368 g/mol. The Morgan fingerprint density at radius 2 is 1.77 bits per heavy atom. The van der Waals surface area contributed by atoms with Crippen LogP contribution in [0.4, 0.5) is 13.2 Å². The molecule has 2 aromatic rings. The average molecular weight is 368 g/mol. The maximum absolute atomic E-state index is 12.5. The van der Waals surface area contributed by atoms with Crippen molar-refractivity contribution in [3.63, 3.8) is 0 Å². The minimum absolute atomic E-state index is 0.0524. The van der Waals surface area contributed by atoms with Crippen LogP contribution in [-0.2, 0) is 17.5 Å². The first-order valence-corrected chi connectivity index (χ1v) is 7.96. The molecule has 0 aliphatic carbocycles. The molecule has 2 N–H and O–H groups in total. The lowest BCUT2D eigenvalue weighted by molar-refractivity contribution is -0.137.